The summed E-state index contributed by atoms with van der Waals surface area (Å²) in [5.74, 6) is 1.22. The van der Waals surface area contributed by atoms with Gasteiger partial charge in [-0.15, -0.1) is 11.3 Å². The number of rotatable bonds is 4. The third kappa shape index (κ3) is 3.58. The third-order valence-corrected chi connectivity index (χ3v) is 4.32. The van der Waals surface area contributed by atoms with Gasteiger partial charge in [0.2, 0.25) is 5.91 Å². The predicted molar refractivity (Wildman–Crippen MR) is 83.5 cm³/mol. The number of carbonyl (C=O) groups is 1. The van der Waals surface area contributed by atoms with Crippen molar-refractivity contribution >= 4 is 23.1 Å². The summed E-state index contributed by atoms with van der Waals surface area (Å²) < 4.78 is 0. The monoisotopic (exact) mass is 302 g/mol. The van der Waals surface area contributed by atoms with Gasteiger partial charge in [0.15, 0.2) is 0 Å². The number of piperazine rings is 1. The molecule has 1 saturated heterocycles. The average molecular weight is 302 g/mol. The molecular formula is C15H18N4OS. The summed E-state index contributed by atoms with van der Waals surface area (Å²) in [5.41, 5.74) is 2.83. The van der Waals surface area contributed by atoms with Gasteiger partial charge < -0.3 is 9.80 Å². The Hall–Kier alpha value is -1.95. The molecule has 3 heterocycles. The minimum Gasteiger partial charge on any atom is -0.353 e. The van der Waals surface area contributed by atoms with Crippen molar-refractivity contribution in [3.05, 3.63) is 41.0 Å². The molecule has 6 heteroatoms. The van der Waals surface area contributed by atoms with Crippen molar-refractivity contribution in [3.63, 3.8) is 0 Å². The molecule has 0 bridgehead atoms. The first kappa shape index (κ1) is 14.0. The molecule has 0 unspecified atom stereocenters. The Morgan fingerprint density at radius 3 is 2.71 bits per heavy atom. The number of aryl methyl sites for hydroxylation is 1. The lowest BCUT2D eigenvalue weighted by molar-refractivity contribution is -0.131. The topological polar surface area (TPSA) is 49.3 Å². The second-order valence-electron chi connectivity index (χ2n) is 5.04. The van der Waals surface area contributed by atoms with E-state index in [1.54, 1.807) is 17.5 Å². The SMILES string of the molecule is O=C(CCc1cscn1)N1CCN(c2ccccn2)CC1. The van der Waals surface area contributed by atoms with E-state index in [1.807, 2.05) is 34.0 Å². The zero-order valence-electron chi connectivity index (χ0n) is 11.8. The van der Waals surface area contributed by atoms with Crippen molar-refractivity contribution in [3.8, 4) is 0 Å². The molecule has 1 aliphatic rings. The van der Waals surface area contributed by atoms with E-state index in [4.69, 9.17) is 0 Å². The van der Waals surface area contributed by atoms with Crippen LogP contribution in [0.4, 0.5) is 5.82 Å². The van der Waals surface area contributed by atoms with Crippen LogP contribution in [0.15, 0.2) is 35.3 Å². The summed E-state index contributed by atoms with van der Waals surface area (Å²) in [6.45, 7) is 3.23. The number of aromatic nitrogens is 2. The van der Waals surface area contributed by atoms with E-state index in [-0.39, 0.29) is 5.91 Å². The fourth-order valence-electron chi connectivity index (χ4n) is 2.48. The van der Waals surface area contributed by atoms with Gasteiger partial charge in [0.1, 0.15) is 5.82 Å². The minimum atomic E-state index is 0.226. The van der Waals surface area contributed by atoms with E-state index in [0.717, 1.165) is 44.1 Å². The predicted octanol–water partition coefficient (Wildman–Crippen LogP) is 1.82. The quantitative estimate of drug-likeness (QED) is 0.864. The Labute approximate surface area is 128 Å². The third-order valence-electron chi connectivity index (χ3n) is 3.68. The van der Waals surface area contributed by atoms with Crippen LogP contribution >= 0.6 is 11.3 Å². The zero-order chi connectivity index (χ0) is 14.5. The lowest BCUT2D eigenvalue weighted by atomic mass is 10.2. The second kappa shape index (κ2) is 6.67. The molecule has 0 atom stereocenters. The van der Waals surface area contributed by atoms with Crippen molar-refractivity contribution in [2.75, 3.05) is 31.1 Å². The van der Waals surface area contributed by atoms with Crippen molar-refractivity contribution in [2.24, 2.45) is 0 Å². The number of anilines is 1. The maximum absolute atomic E-state index is 12.2. The van der Waals surface area contributed by atoms with Gasteiger partial charge in [-0.25, -0.2) is 9.97 Å². The largest absolute Gasteiger partial charge is 0.353 e. The molecule has 3 rings (SSSR count). The van der Waals surface area contributed by atoms with Crippen molar-refractivity contribution in [2.45, 2.75) is 12.8 Å². The smallest absolute Gasteiger partial charge is 0.223 e. The van der Waals surface area contributed by atoms with Crippen LogP contribution in [0.2, 0.25) is 0 Å². The molecule has 5 nitrogen and oxygen atoms in total. The van der Waals surface area contributed by atoms with Crippen LogP contribution in [-0.2, 0) is 11.2 Å². The van der Waals surface area contributed by atoms with E-state index in [1.165, 1.54) is 0 Å². The Balaban J connectivity index is 1.48. The molecule has 1 amide bonds. The second-order valence-corrected chi connectivity index (χ2v) is 5.75. The van der Waals surface area contributed by atoms with E-state index in [2.05, 4.69) is 14.9 Å². The minimum absolute atomic E-state index is 0.226. The summed E-state index contributed by atoms with van der Waals surface area (Å²) in [4.78, 5) is 25.0. The van der Waals surface area contributed by atoms with Crippen molar-refractivity contribution < 1.29 is 4.79 Å². The van der Waals surface area contributed by atoms with Gasteiger partial charge in [-0.1, -0.05) is 6.07 Å². The number of amides is 1. The number of hydrogen-bond acceptors (Lipinski definition) is 5. The summed E-state index contributed by atoms with van der Waals surface area (Å²) >= 11 is 1.58. The van der Waals surface area contributed by atoms with Crippen LogP contribution in [0.3, 0.4) is 0 Å². The number of carbonyl (C=O) groups excluding carboxylic acids is 1. The molecule has 0 spiro atoms. The molecule has 2 aromatic rings. The van der Waals surface area contributed by atoms with Crippen LogP contribution in [0.5, 0.6) is 0 Å². The van der Waals surface area contributed by atoms with Crippen LogP contribution in [0.1, 0.15) is 12.1 Å². The molecule has 0 N–H and O–H groups in total. The van der Waals surface area contributed by atoms with Crippen LogP contribution < -0.4 is 4.90 Å². The first-order chi connectivity index (χ1) is 10.3. The summed E-state index contributed by atoms with van der Waals surface area (Å²) in [5, 5.41) is 2.01. The maximum Gasteiger partial charge on any atom is 0.223 e. The standard InChI is InChI=1S/C15H18N4OS/c20-15(5-4-13-11-21-12-17-13)19-9-7-18(8-10-19)14-3-1-2-6-16-14/h1-3,6,11-12H,4-5,7-10H2. The highest BCUT2D eigenvalue weighted by Crippen LogP contribution is 2.13. The normalized spacial score (nSPS) is 15.2. The van der Waals surface area contributed by atoms with Gasteiger partial charge in [0.25, 0.3) is 0 Å². The Kier molecular flexibility index (Phi) is 4.45. The van der Waals surface area contributed by atoms with Gasteiger partial charge in [-0.2, -0.15) is 0 Å². The summed E-state index contributed by atoms with van der Waals surface area (Å²) in [6, 6.07) is 5.93. The van der Waals surface area contributed by atoms with Gasteiger partial charge in [-0.3, -0.25) is 4.79 Å². The molecule has 1 fully saturated rings. The molecule has 2 aromatic heterocycles. The fraction of sp³-hybridized carbons (Fsp3) is 0.400. The Morgan fingerprint density at radius 1 is 1.19 bits per heavy atom. The van der Waals surface area contributed by atoms with Crippen LogP contribution in [0.25, 0.3) is 0 Å². The molecular weight excluding hydrogens is 284 g/mol. The van der Waals surface area contributed by atoms with Crippen LogP contribution in [0, 0.1) is 0 Å². The number of nitrogens with zero attached hydrogens (tertiary/aromatic N) is 4. The zero-order valence-corrected chi connectivity index (χ0v) is 12.6. The first-order valence-electron chi connectivity index (χ1n) is 7.14. The molecule has 21 heavy (non-hydrogen) atoms. The van der Waals surface area contributed by atoms with Gasteiger partial charge in [-0.05, 0) is 18.6 Å². The summed E-state index contributed by atoms with van der Waals surface area (Å²) in [6.07, 6.45) is 3.09. The van der Waals surface area contributed by atoms with Crippen LogP contribution in [-0.4, -0.2) is 47.0 Å². The number of hydrogen-bond donors (Lipinski definition) is 0. The molecule has 110 valence electrons. The number of pyridine rings is 1. The van der Waals surface area contributed by atoms with E-state index < -0.39 is 0 Å². The average Bonchev–Trinajstić information content (AvgIpc) is 3.07. The lowest BCUT2D eigenvalue weighted by Gasteiger charge is -2.35. The summed E-state index contributed by atoms with van der Waals surface area (Å²) in [7, 11) is 0. The molecule has 0 aromatic carbocycles. The van der Waals surface area contributed by atoms with E-state index in [9.17, 15) is 4.79 Å². The lowest BCUT2D eigenvalue weighted by Crippen LogP contribution is -2.49. The van der Waals surface area contributed by atoms with Gasteiger partial charge in [0.05, 0.1) is 11.2 Å². The highest BCUT2D eigenvalue weighted by atomic mass is 32.1. The first-order valence-corrected chi connectivity index (χ1v) is 8.08. The van der Waals surface area contributed by atoms with Crippen molar-refractivity contribution in [1.29, 1.82) is 0 Å². The Bertz CT molecular complexity index is 565. The van der Waals surface area contributed by atoms with E-state index >= 15 is 0 Å². The molecule has 1 aliphatic heterocycles. The molecule has 0 aliphatic carbocycles. The number of thiazole rings is 1. The molecule has 0 saturated carbocycles. The van der Waals surface area contributed by atoms with Crippen molar-refractivity contribution in [1.82, 2.24) is 14.9 Å². The van der Waals surface area contributed by atoms with E-state index in [0.29, 0.717) is 6.42 Å². The highest BCUT2D eigenvalue weighted by Gasteiger charge is 2.21. The van der Waals surface area contributed by atoms with Gasteiger partial charge >= 0.3 is 0 Å². The highest BCUT2D eigenvalue weighted by molar-refractivity contribution is 7.07. The fourth-order valence-corrected chi connectivity index (χ4v) is 3.07. The van der Waals surface area contributed by atoms with Gasteiger partial charge in [0, 0.05) is 44.2 Å². The maximum atomic E-state index is 12.2. The molecule has 0 radical (unpaired) electrons. The Morgan fingerprint density at radius 2 is 2.05 bits per heavy atom.